The number of piperidine rings is 1. The number of nitrogens with zero attached hydrogens (tertiary/aromatic N) is 3. The summed E-state index contributed by atoms with van der Waals surface area (Å²) in [6, 6.07) is 3.96. The summed E-state index contributed by atoms with van der Waals surface area (Å²) in [4.78, 5) is 50.3. The molecule has 0 radical (unpaired) electrons. The number of para-hydroxylation sites is 1. The van der Waals surface area contributed by atoms with E-state index in [1.54, 1.807) is 12.1 Å². The van der Waals surface area contributed by atoms with Crippen LogP contribution in [0.25, 0.3) is 11.0 Å². The predicted octanol–water partition coefficient (Wildman–Crippen LogP) is 3.38. The minimum atomic E-state index is -0.903. The van der Waals surface area contributed by atoms with Gasteiger partial charge in [-0.3, -0.25) is 14.4 Å². The van der Waals surface area contributed by atoms with Gasteiger partial charge in [-0.25, -0.2) is 9.37 Å². The molecule has 0 saturated carbocycles. The average molecular weight is 488 g/mol. The number of hydrogen-bond donors (Lipinski definition) is 2. The standard InChI is InChI=1S/C26H38FN5O3/c1-5-18-9-6-7-13-32(18)24(35)16-21(28-23(34)12-14-31(3)4)22(33)15-17(2)26-29-20-11-8-10-19(27)25(20)30-26/h8,10-11,17-18,21H,5-7,9,12-16H2,1-4H3,(H,28,34)(H,29,30)/t17-,18+,21+/m1/s1. The van der Waals surface area contributed by atoms with Crippen molar-refractivity contribution in [2.24, 2.45) is 0 Å². The van der Waals surface area contributed by atoms with Crippen LogP contribution >= 0.6 is 0 Å². The Morgan fingerprint density at radius 2 is 2.03 bits per heavy atom. The van der Waals surface area contributed by atoms with Crippen molar-refractivity contribution in [3.8, 4) is 0 Å². The van der Waals surface area contributed by atoms with Crippen molar-refractivity contribution < 1.29 is 18.8 Å². The van der Waals surface area contributed by atoms with Gasteiger partial charge in [-0.05, 0) is 51.9 Å². The highest BCUT2D eigenvalue weighted by molar-refractivity contribution is 5.93. The maximum Gasteiger partial charge on any atom is 0.225 e. The Balaban J connectivity index is 1.73. The SMILES string of the molecule is CC[C@H]1CCCCN1C(=O)C[C@H](NC(=O)CCN(C)C)C(=O)C[C@@H](C)c1nc2c(F)cccc2[nH]1. The van der Waals surface area contributed by atoms with Gasteiger partial charge in [0, 0.05) is 37.9 Å². The first kappa shape index (κ1) is 26.8. The molecule has 1 saturated heterocycles. The number of halogens is 1. The molecule has 2 amide bonds. The van der Waals surface area contributed by atoms with E-state index < -0.39 is 11.9 Å². The van der Waals surface area contributed by atoms with Crippen LogP contribution < -0.4 is 5.32 Å². The number of likely N-dealkylation sites (tertiary alicyclic amines) is 1. The number of imidazole rings is 1. The van der Waals surface area contributed by atoms with E-state index >= 15 is 0 Å². The number of ketones is 1. The van der Waals surface area contributed by atoms with Gasteiger partial charge in [0.25, 0.3) is 0 Å². The minimum Gasteiger partial charge on any atom is -0.346 e. The number of rotatable bonds is 11. The smallest absolute Gasteiger partial charge is 0.225 e. The van der Waals surface area contributed by atoms with Gasteiger partial charge in [-0.1, -0.05) is 19.9 Å². The number of amides is 2. The lowest BCUT2D eigenvalue weighted by Crippen LogP contribution is -2.49. The van der Waals surface area contributed by atoms with E-state index in [2.05, 4.69) is 22.2 Å². The fourth-order valence-electron chi connectivity index (χ4n) is 4.67. The van der Waals surface area contributed by atoms with Crippen LogP contribution in [0, 0.1) is 5.82 Å². The third kappa shape index (κ3) is 7.10. The van der Waals surface area contributed by atoms with Crippen LogP contribution in [0.4, 0.5) is 4.39 Å². The van der Waals surface area contributed by atoms with E-state index in [4.69, 9.17) is 0 Å². The molecule has 1 aliphatic heterocycles. The van der Waals surface area contributed by atoms with Crippen molar-refractivity contribution in [3.63, 3.8) is 0 Å². The van der Waals surface area contributed by atoms with E-state index in [-0.39, 0.29) is 54.3 Å². The summed E-state index contributed by atoms with van der Waals surface area (Å²) in [5, 5.41) is 2.81. The van der Waals surface area contributed by atoms with Crippen LogP contribution in [0.5, 0.6) is 0 Å². The Kier molecular flexibility index (Phi) is 9.37. The highest BCUT2D eigenvalue weighted by Crippen LogP contribution is 2.24. The summed E-state index contributed by atoms with van der Waals surface area (Å²) in [6.07, 6.45) is 4.16. The number of aromatic nitrogens is 2. The molecule has 2 N–H and O–H groups in total. The molecule has 1 aliphatic rings. The summed E-state index contributed by atoms with van der Waals surface area (Å²) in [5.41, 5.74) is 0.806. The molecule has 0 spiro atoms. The van der Waals surface area contributed by atoms with Crippen LogP contribution in [-0.4, -0.2) is 76.6 Å². The Bertz CT molecular complexity index is 1040. The molecular weight excluding hydrogens is 449 g/mol. The molecule has 192 valence electrons. The van der Waals surface area contributed by atoms with Crippen LogP contribution in [0.1, 0.15) is 70.5 Å². The summed E-state index contributed by atoms with van der Waals surface area (Å²) in [5.74, 6) is -0.828. The van der Waals surface area contributed by atoms with Crippen LogP contribution in [0.3, 0.4) is 0 Å². The molecule has 3 rings (SSSR count). The number of carbonyl (C=O) groups is 3. The summed E-state index contributed by atoms with van der Waals surface area (Å²) in [6.45, 7) is 5.14. The van der Waals surface area contributed by atoms with Crippen LogP contribution in [0.15, 0.2) is 18.2 Å². The largest absolute Gasteiger partial charge is 0.346 e. The lowest BCUT2D eigenvalue weighted by molar-refractivity contribution is -0.138. The molecule has 8 nitrogen and oxygen atoms in total. The van der Waals surface area contributed by atoms with E-state index in [0.29, 0.717) is 24.4 Å². The van der Waals surface area contributed by atoms with Crippen molar-refractivity contribution >= 4 is 28.6 Å². The lowest BCUT2D eigenvalue weighted by Gasteiger charge is -2.36. The lowest BCUT2D eigenvalue weighted by atomic mass is 9.95. The summed E-state index contributed by atoms with van der Waals surface area (Å²) < 4.78 is 14.1. The molecule has 1 aromatic carbocycles. The van der Waals surface area contributed by atoms with Crippen molar-refractivity contribution in [2.75, 3.05) is 27.2 Å². The van der Waals surface area contributed by atoms with E-state index in [9.17, 15) is 18.8 Å². The maximum absolute atomic E-state index is 14.1. The quantitative estimate of drug-likeness (QED) is 0.506. The number of carbonyl (C=O) groups excluding carboxylic acids is 3. The van der Waals surface area contributed by atoms with Crippen molar-refractivity contribution in [3.05, 3.63) is 29.8 Å². The Labute approximate surface area is 206 Å². The molecule has 0 unspecified atom stereocenters. The second kappa shape index (κ2) is 12.2. The summed E-state index contributed by atoms with van der Waals surface area (Å²) in [7, 11) is 3.75. The van der Waals surface area contributed by atoms with Crippen molar-refractivity contribution in [2.45, 2.75) is 76.8 Å². The second-order valence-electron chi connectivity index (χ2n) is 9.85. The fourth-order valence-corrected chi connectivity index (χ4v) is 4.67. The molecule has 0 bridgehead atoms. The number of Topliss-reactive ketones (excluding diaryl/α,β-unsaturated/α-hetero) is 1. The van der Waals surface area contributed by atoms with Crippen molar-refractivity contribution in [1.29, 1.82) is 0 Å². The van der Waals surface area contributed by atoms with Gasteiger partial charge >= 0.3 is 0 Å². The van der Waals surface area contributed by atoms with E-state index in [0.717, 1.165) is 25.7 Å². The van der Waals surface area contributed by atoms with Gasteiger partial charge in [-0.15, -0.1) is 0 Å². The zero-order chi connectivity index (χ0) is 25.5. The van der Waals surface area contributed by atoms with Gasteiger partial charge in [0.05, 0.1) is 18.0 Å². The number of fused-ring (bicyclic) bond motifs is 1. The van der Waals surface area contributed by atoms with Gasteiger partial charge in [0.1, 0.15) is 11.3 Å². The normalized spacial score (nSPS) is 18.0. The molecule has 2 aromatic rings. The maximum atomic E-state index is 14.1. The van der Waals surface area contributed by atoms with Crippen molar-refractivity contribution in [1.82, 2.24) is 25.1 Å². The Hall–Kier alpha value is -2.81. The monoisotopic (exact) mass is 487 g/mol. The Morgan fingerprint density at radius 3 is 2.71 bits per heavy atom. The third-order valence-corrected chi connectivity index (χ3v) is 6.76. The van der Waals surface area contributed by atoms with Gasteiger partial charge in [0.15, 0.2) is 11.6 Å². The average Bonchev–Trinajstić information content (AvgIpc) is 3.28. The fraction of sp³-hybridized carbons (Fsp3) is 0.615. The van der Waals surface area contributed by atoms with E-state index in [1.165, 1.54) is 6.07 Å². The molecule has 2 heterocycles. The zero-order valence-electron chi connectivity index (χ0n) is 21.3. The molecule has 9 heteroatoms. The molecule has 3 atom stereocenters. The highest BCUT2D eigenvalue weighted by atomic mass is 19.1. The van der Waals surface area contributed by atoms with Gasteiger partial charge in [-0.2, -0.15) is 0 Å². The third-order valence-electron chi connectivity index (χ3n) is 6.76. The number of nitrogens with one attached hydrogen (secondary N) is 2. The molecule has 35 heavy (non-hydrogen) atoms. The van der Waals surface area contributed by atoms with Crippen LogP contribution in [-0.2, 0) is 14.4 Å². The zero-order valence-corrected chi connectivity index (χ0v) is 21.3. The first-order chi connectivity index (χ1) is 16.7. The minimum absolute atomic E-state index is 0.0511. The second-order valence-corrected chi connectivity index (χ2v) is 9.85. The topological polar surface area (TPSA) is 98.4 Å². The highest BCUT2D eigenvalue weighted by Gasteiger charge is 2.31. The number of aromatic amines is 1. The van der Waals surface area contributed by atoms with Gasteiger partial charge < -0.3 is 20.1 Å². The number of benzene rings is 1. The summed E-state index contributed by atoms with van der Waals surface area (Å²) >= 11 is 0. The van der Waals surface area contributed by atoms with E-state index in [1.807, 2.05) is 30.8 Å². The molecular formula is C26H38FN5O3. The number of hydrogen-bond acceptors (Lipinski definition) is 5. The molecule has 1 aromatic heterocycles. The first-order valence-corrected chi connectivity index (χ1v) is 12.6. The molecule has 0 aliphatic carbocycles. The predicted molar refractivity (Wildman–Crippen MR) is 133 cm³/mol. The van der Waals surface area contributed by atoms with Gasteiger partial charge in [0.2, 0.25) is 11.8 Å². The Morgan fingerprint density at radius 1 is 1.26 bits per heavy atom. The first-order valence-electron chi connectivity index (χ1n) is 12.6. The number of H-pyrrole nitrogens is 1. The molecule has 1 fully saturated rings. The van der Waals surface area contributed by atoms with Crippen LogP contribution in [0.2, 0.25) is 0 Å².